The fraction of sp³-hybridized carbons (Fsp3) is 0.636. The van der Waals surface area contributed by atoms with Crippen LogP contribution in [0.25, 0.3) is 0 Å². The molecule has 0 aliphatic rings. The Kier molecular flexibility index (Phi) is 4.44. The Labute approximate surface area is 100 Å². The molecule has 1 amide bonds. The Bertz CT molecular complexity index is 358. The zero-order chi connectivity index (χ0) is 12.2. The zero-order valence-electron chi connectivity index (χ0n) is 10.0. The first-order valence-electron chi connectivity index (χ1n) is 5.49. The normalized spacial score (nSPS) is 11.5. The third kappa shape index (κ3) is 3.02. The molecule has 16 heavy (non-hydrogen) atoms. The SMILES string of the molecule is CCC(N)(CC)CNC(=O)c1scnc1C. The van der Waals surface area contributed by atoms with Gasteiger partial charge in [-0.05, 0) is 19.8 Å². The lowest BCUT2D eigenvalue weighted by Crippen LogP contribution is -2.49. The molecule has 0 spiro atoms. The maximum absolute atomic E-state index is 11.8. The van der Waals surface area contributed by atoms with E-state index < -0.39 is 0 Å². The molecule has 0 fully saturated rings. The predicted molar refractivity (Wildman–Crippen MR) is 66.7 cm³/mol. The molecular weight excluding hydrogens is 222 g/mol. The summed E-state index contributed by atoms with van der Waals surface area (Å²) in [5, 5.41) is 2.87. The Balaban J connectivity index is 2.57. The number of carbonyl (C=O) groups is 1. The summed E-state index contributed by atoms with van der Waals surface area (Å²) in [6.07, 6.45) is 1.71. The minimum Gasteiger partial charge on any atom is -0.349 e. The Morgan fingerprint density at radius 3 is 2.62 bits per heavy atom. The molecule has 1 heterocycles. The van der Waals surface area contributed by atoms with E-state index in [1.807, 2.05) is 20.8 Å². The summed E-state index contributed by atoms with van der Waals surface area (Å²) in [5.74, 6) is -0.0725. The lowest BCUT2D eigenvalue weighted by molar-refractivity contribution is 0.0945. The van der Waals surface area contributed by atoms with E-state index in [0.29, 0.717) is 11.4 Å². The number of aryl methyl sites for hydroxylation is 1. The van der Waals surface area contributed by atoms with Gasteiger partial charge in [0.1, 0.15) is 4.88 Å². The van der Waals surface area contributed by atoms with Crippen molar-refractivity contribution in [2.75, 3.05) is 6.54 Å². The monoisotopic (exact) mass is 241 g/mol. The number of nitrogens with one attached hydrogen (secondary N) is 1. The number of amides is 1. The molecule has 0 aromatic carbocycles. The number of hydrogen-bond acceptors (Lipinski definition) is 4. The molecule has 0 radical (unpaired) electrons. The first-order valence-corrected chi connectivity index (χ1v) is 6.37. The molecule has 1 rings (SSSR count). The number of hydrogen-bond donors (Lipinski definition) is 2. The highest BCUT2D eigenvalue weighted by Gasteiger charge is 2.22. The summed E-state index contributed by atoms with van der Waals surface area (Å²) >= 11 is 1.36. The molecule has 4 nitrogen and oxygen atoms in total. The van der Waals surface area contributed by atoms with Crippen LogP contribution in [0.1, 0.15) is 42.1 Å². The third-order valence-corrected chi connectivity index (χ3v) is 3.89. The van der Waals surface area contributed by atoms with Crippen molar-refractivity contribution in [2.24, 2.45) is 5.73 Å². The summed E-state index contributed by atoms with van der Waals surface area (Å²) in [6.45, 7) is 6.41. The largest absolute Gasteiger partial charge is 0.349 e. The van der Waals surface area contributed by atoms with E-state index >= 15 is 0 Å². The van der Waals surface area contributed by atoms with Gasteiger partial charge in [0.05, 0.1) is 11.2 Å². The van der Waals surface area contributed by atoms with E-state index in [-0.39, 0.29) is 11.4 Å². The average Bonchev–Trinajstić information content (AvgIpc) is 2.72. The van der Waals surface area contributed by atoms with Gasteiger partial charge in [-0.1, -0.05) is 13.8 Å². The zero-order valence-corrected chi connectivity index (χ0v) is 10.9. The molecule has 1 aromatic heterocycles. The number of aromatic nitrogens is 1. The molecule has 0 bridgehead atoms. The Morgan fingerprint density at radius 2 is 2.19 bits per heavy atom. The van der Waals surface area contributed by atoms with Crippen LogP contribution in [0, 0.1) is 6.92 Å². The van der Waals surface area contributed by atoms with Crippen molar-refractivity contribution in [3.05, 3.63) is 16.1 Å². The van der Waals surface area contributed by atoms with E-state index in [1.54, 1.807) is 5.51 Å². The summed E-state index contributed by atoms with van der Waals surface area (Å²) in [5.41, 5.74) is 8.27. The van der Waals surface area contributed by atoms with Crippen molar-refractivity contribution < 1.29 is 4.79 Å². The van der Waals surface area contributed by atoms with Crippen molar-refractivity contribution in [1.82, 2.24) is 10.3 Å². The van der Waals surface area contributed by atoms with Crippen LogP contribution in [0.2, 0.25) is 0 Å². The number of nitrogens with two attached hydrogens (primary N) is 1. The molecule has 0 unspecified atom stereocenters. The van der Waals surface area contributed by atoms with Crippen molar-refractivity contribution >= 4 is 17.2 Å². The average molecular weight is 241 g/mol. The minimum atomic E-state index is -0.297. The maximum Gasteiger partial charge on any atom is 0.263 e. The van der Waals surface area contributed by atoms with Crippen LogP contribution >= 0.6 is 11.3 Å². The predicted octanol–water partition coefficient (Wildman–Crippen LogP) is 1.70. The van der Waals surface area contributed by atoms with Gasteiger partial charge in [0, 0.05) is 12.1 Å². The third-order valence-electron chi connectivity index (χ3n) is 2.96. The molecule has 0 saturated heterocycles. The highest BCUT2D eigenvalue weighted by Crippen LogP contribution is 2.13. The van der Waals surface area contributed by atoms with Gasteiger partial charge in [0.2, 0.25) is 0 Å². The number of rotatable bonds is 5. The Hall–Kier alpha value is -0.940. The topological polar surface area (TPSA) is 68.0 Å². The number of nitrogens with zero attached hydrogens (tertiary/aromatic N) is 1. The van der Waals surface area contributed by atoms with Crippen LogP contribution in [0.15, 0.2) is 5.51 Å². The molecule has 1 aromatic rings. The highest BCUT2D eigenvalue weighted by molar-refractivity contribution is 7.11. The van der Waals surface area contributed by atoms with Gasteiger partial charge < -0.3 is 11.1 Å². The van der Waals surface area contributed by atoms with E-state index in [1.165, 1.54) is 11.3 Å². The van der Waals surface area contributed by atoms with Crippen molar-refractivity contribution in [3.63, 3.8) is 0 Å². The van der Waals surface area contributed by atoms with Gasteiger partial charge >= 0.3 is 0 Å². The summed E-state index contributed by atoms with van der Waals surface area (Å²) in [4.78, 5) is 16.5. The Morgan fingerprint density at radius 1 is 1.56 bits per heavy atom. The minimum absolute atomic E-state index is 0.0725. The fourth-order valence-corrected chi connectivity index (χ4v) is 2.08. The molecule has 90 valence electrons. The highest BCUT2D eigenvalue weighted by atomic mass is 32.1. The second kappa shape index (κ2) is 5.41. The van der Waals surface area contributed by atoms with Crippen LogP contribution in [-0.4, -0.2) is 23.0 Å². The smallest absolute Gasteiger partial charge is 0.263 e. The second-order valence-electron chi connectivity index (χ2n) is 4.02. The van der Waals surface area contributed by atoms with Crippen molar-refractivity contribution in [1.29, 1.82) is 0 Å². The maximum atomic E-state index is 11.8. The van der Waals surface area contributed by atoms with E-state index in [9.17, 15) is 4.79 Å². The summed E-state index contributed by atoms with van der Waals surface area (Å²) in [7, 11) is 0. The fourth-order valence-electron chi connectivity index (χ4n) is 1.36. The molecule has 0 saturated carbocycles. The molecule has 0 aliphatic carbocycles. The van der Waals surface area contributed by atoms with Crippen LogP contribution in [0.5, 0.6) is 0 Å². The number of carbonyl (C=O) groups excluding carboxylic acids is 1. The van der Waals surface area contributed by atoms with Crippen LogP contribution in [-0.2, 0) is 0 Å². The van der Waals surface area contributed by atoms with Gasteiger partial charge in [-0.15, -0.1) is 11.3 Å². The molecule has 0 atom stereocenters. The van der Waals surface area contributed by atoms with Gasteiger partial charge in [-0.3, -0.25) is 4.79 Å². The van der Waals surface area contributed by atoms with E-state index in [2.05, 4.69) is 10.3 Å². The standard InChI is InChI=1S/C11H19N3OS/c1-4-11(12,5-2)6-13-10(15)9-8(3)14-7-16-9/h7H,4-6,12H2,1-3H3,(H,13,15). The van der Waals surface area contributed by atoms with Gasteiger partial charge in [0.15, 0.2) is 0 Å². The first kappa shape index (κ1) is 13.1. The first-order chi connectivity index (χ1) is 7.52. The lowest BCUT2D eigenvalue weighted by atomic mass is 9.94. The summed E-state index contributed by atoms with van der Waals surface area (Å²) in [6, 6.07) is 0. The van der Waals surface area contributed by atoms with Crippen molar-refractivity contribution in [2.45, 2.75) is 39.2 Å². The van der Waals surface area contributed by atoms with Gasteiger partial charge in [0.25, 0.3) is 5.91 Å². The number of thiazole rings is 1. The van der Waals surface area contributed by atoms with Crippen LogP contribution in [0.4, 0.5) is 0 Å². The molecule has 3 N–H and O–H groups in total. The van der Waals surface area contributed by atoms with Crippen molar-refractivity contribution in [3.8, 4) is 0 Å². The lowest BCUT2D eigenvalue weighted by Gasteiger charge is -2.26. The molecule has 0 aliphatic heterocycles. The van der Waals surface area contributed by atoms with Crippen LogP contribution < -0.4 is 11.1 Å². The van der Waals surface area contributed by atoms with Crippen LogP contribution in [0.3, 0.4) is 0 Å². The van der Waals surface area contributed by atoms with Gasteiger partial charge in [-0.25, -0.2) is 4.98 Å². The molecular formula is C11H19N3OS. The quantitative estimate of drug-likeness (QED) is 0.824. The van der Waals surface area contributed by atoms with Gasteiger partial charge in [-0.2, -0.15) is 0 Å². The van der Waals surface area contributed by atoms with E-state index in [4.69, 9.17) is 5.73 Å². The molecule has 5 heteroatoms. The summed E-state index contributed by atoms with van der Waals surface area (Å²) < 4.78 is 0. The second-order valence-corrected chi connectivity index (χ2v) is 4.87. The van der Waals surface area contributed by atoms with E-state index in [0.717, 1.165) is 18.5 Å².